The van der Waals surface area contributed by atoms with Gasteiger partial charge in [0.2, 0.25) is 0 Å². The van der Waals surface area contributed by atoms with Gasteiger partial charge in [-0.05, 0) is 32.5 Å². The molecule has 4 nitrogen and oxygen atoms in total. The number of hydrogen-bond acceptors (Lipinski definition) is 4. The molecule has 13 heavy (non-hydrogen) atoms. The fourth-order valence-electron chi connectivity index (χ4n) is 1.39. The van der Waals surface area contributed by atoms with Crippen molar-refractivity contribution in [3.05, 3.63) is 0 Å². The van der Waals surface area contributed by atoms with Crippen molar-refractivity contribution in [1.82, 2.24) is 0 Å². The average molecular weight is 206 g/mol. The van der Waals surface area contributed by atoms with E-state index in [1.807, 2.05) is 6.92 Å². The second-order valence-electron chi connectivity index (χ2n) is 2.98. The van der Waals surface area contributed by atoms with Crippen molar-refractivity contribution < 1.29 is 8.85 Å². The van der Waals surface area contributed by atoms with E-state index in [1.54, 1.807) is 7.11 Å². The van der Waals surface area contributed by atoms with Crippen LogP contribution in [0.25, 0.3) is 0 Å². The highest BCUT2D eigenvalue weighted by atomic mass is 28.4. The molecule has 0 fully saturated rings. The van der Waals surface area contributed by atoms with Crippen LogP contribution in [0.15, 0.2) is 0 Å². The maximum atomic E-state index is 5.70. The van der Waals surface area contributed by atoms with Crippen molar-refractivity contribution in [3.8, 4) is 0 Å². The summed E-state index contributed by atoms with van der Waals surface area (Å²) in [6.45, 7) is 4.00. The van der Waals surface area contributed by atoms with Crippen molar-refractivity contribution in [1.29, 1.82) is 0 Å². The molecule has 0 spiro atoms. The van der Waals surface area contributed by atoms with E-state index in [0.29, 0.717) is 19.7 Å². The van der Waals surface area contributed by atoms with Crippen molar-refractivity contribution in [2.24, 2.45) is 11.5 Å². The summed E-state index contributed by atoms with van der Waals surface area (Å²) in [5.41, 5.74) is 11.0. The summed E-state index contributed by atoms with van der Waals surface area (Å²) in [6, 6.07) is 1.81. The van der Waals surface area contributed by atoms with Gasteiger partial charge in [-0.25, -0.2) is 0 Å². The molecular formula is C8H22N2O2Si. The molecule has 0 aromatic rings. The predicted octanol–water partition coefficient (Wildman–Crippen LogP) is 0.419. The van der Waals surface area contributed by atoms with Crippen LogP contribution in [0.3, 0.4) is 0 Å². The Kier molecular flexibility index (Phi) is 7.49. The minimum absolute atomic E-state index is 0.630. The van der Waals surface area contributed by atoms with Gasteiger partial charge in [0.25, 0.3) is 0 Å². The van der Waals surface area contributed by atoms with Crippen LogP contribution in [-0.4, -0.2) is 35.4 Å². The Morgan fingerprint density at radius 2 is 1.85 bits per heavy atom. The Balaban J connectivity index is 4.07. The third kappa shape index (κ3) is 4.73. The lowest BCUT2D eigenvalue weighted by atomic mass is 10.5. The third-order valence-electron chi connectivity index (χ3n) is 2.07. The first-order chi connectivity index (χ1) is 6.24. The lowest BCUT2D eigenvalue weighted by Crippen LogP contribution is -2.43. The molecule has 0 heterocycles. The van der Waals surface area contributed by atoms with Gasteiger partial charge in [0.05, 0.1) is 0 Å². The summed E-state index contributed by atoms with van der Waals surface area (Å²) in [6.07, 6.45) is 0.958. The second kappa shape index (κ2) is 7.46. The number of hydrogen-bond donors (Lipinski definition) is 2. The highest BCUT2D eigenvalue weighted by molar-refractivity contribution is 6.67. The lowest BCUT2D eigenvalue weighted by molar-refractivity contribution is 0.208. The lowest BCUT2D eigenvalue weighted by Gasteiger charge is -2.28. The molecule has 0 bridgehead atoms. The molecular weight excluding hydrogens is 184 g/mol. The van der Waals surface area contributed by atoms with Gasteiger partial charge >= 0.3 is 8.56 Å². The highest BCUT2D eigenvalue weighted by Gasteiger charge is 2.34. The van der Waals surface area contributed by atoms with Gasteiger partial charge in [0, 0.05) is 19.8 Å². The van der Waals surface area contributed by atoms with Crippen molar-refractivity contribution >= 4 is 8.56 Å². The van der Waals surface area contributed by atoms with Crippen LogP contribution in [0.5, 0.6) is 0 Å². The SMILES string of the molecule is CCO[Si](CCN)(CCCN)OC. The van der Waals surface area contributed by atoms with Gasteiger partial charge in [-0.15, -0.1) is 0 Å². The Hall–Kier alpha value is 0.0569. The summed E-state index contributed by atoms with van der Waals surface area (Å²) in [4.78, 5) is 0. The summed E-state index contributed by atoms with van der Waals surface area (Å²) >= 11 is 0. The van der Waals surface area contributed by atoms with Crippen LogP contribution in [0, 0.1) is 0 Å². The van der Waals surface area contributed by atoms with E-state index in [1.165, 1.54) is 0 Å². The van der Waals surface area contributed by atoms with Gasteiger partial charge in [-0.2, -0.15) is 0 Å². The van der Waals surface area contributed by atoms with Gasteiger partial charge in [0.1, 0.15) is 0 Å². The van der Waals surface area contributed by atoms with Crippen LogP contribution in [0.4, 0.5) is 0 Å². The first kappa shape index (κ1) is 13.1. The zero-order chi connectivity index (χ0) is 10.2. The van der Waals surface area contributed by atoms with Crippen LogP contribution >= 0.6 is 0 Å². The summed E-state index contributed by atoms with van der Waals surface area (Å²) < 4.78 is 11.2. The van der Waals surface area contributed by atoms with Gasteiger partial charge in [-0.1, -0.05) is 0 Å². The van der Waals surface area contributed by atoms with E-state index in [2.05, 4.69) is 0 Å². The summed E-state index contributed by atoms with van der Waals surface area (Å²) in [5.74, 6) is 0. The van der Waals surface area contributed by atoms with E-state index in [-0.39, 0.29) is 0 Å². The molecule has 80 valence electrons. The van der Waals surface area contributed by atoms with Crippen molar-refractivity contribution in [2.75, 3.05) is 26.8 Å². The third-order valence-corrected chi connectivity index (χ3v) is 5.79. The average Bonchev–Trinajstić information content (AvgIpc) is 2.15. The predicted molar refractivity (Wildman–Crippen MR) is 56.7 cm³/mol. The monoisotopic (exact) mass is 206 g/mol. The maximum Gasteiger partial charge on any atom is 0.339 e. The maximum absolute atomic E-state index is 5.70. The molecule has 0 saturated carbocycles. The molecule has 0 radical (unpaired) electrons. The second-order valence-corrected chi connectivity index (χ2v) is 6.50. The molecule has 0 aliphatic rings. The van der Waals surface area contributed by atoms with E-state index in [9.17, 15) is 0 Å². The zero-order valence-electron chi connectivity index (χ0n) is 8.71. The molecule has 0 aromatic heterocycles. The Labute approximate surface area is 81.8 Å². The topological polar surface area (TPSA) is 70.5 Å². The summed E-state index contributed by atoms with van der Waals surface area (Å²) in [7, 11) is -0.279. The first-order valence-corrected chi connectivity index (χ1v) is 7.07. The molecule has 0 rings (SSSR count). The van der Waals surface area contributed by atoms with E-state index >= 15 is 0 Å². The normalized spacial score (nSPS) is 15.7. The molecule has 0 aliphatic heterocycles. The largest absolute Gasteiger partial charge is 0.398 e. The number of rotatable bonds is 8. The molecule has 0 amide bonds. The fourth-order valence-corrected chi connectivity index (χ4v) is 4.16. The molecule has 0 aromatic carbocycles. The summed E-state index contributed by atoms with van der Waals surface area (Å²) in [5, 5.41) is 0. The Bertz CT molecular complexity index is 119. The molecule has 1 atom stereocenters. The van der Waals surface area contributed by atoms with E-state index < -0.39 is 8.56 Å². The van der Waals surface area contributed by atoms with Crippen molar-refractivity contribution in [3.63, 3.8) is 0 Å². The van der Waals surface area contributed by atoms with Crippen LogP contribution < -0.4 is 11.5 Å². The van der Waals surface area contributed by atoms with Crippen molar-refractivity contribution in [2.45, 2.75) is 25.4 Å². The number of nitrogens with two attached hydrogens (primary N) is 2. The van der Waals surface area contributed by atoms with Crippen LogP contribution in [0.2, 0.25) is 12.1 Å². The van der Waals surface area contributed by atoms with E-state index in [4.69, 9.17) is 20.3 Å². The van der Waals surface area contributed by atoms with Crippen LogP contribution in [0.1, 0.15) is 13.3 Å². The molecule has 4 N–H and O–H groups in total. The smallest absolute Gasteiger partial charge is 0.339 e. The quantitative estimate of drug-likeness (QED) is 0.565. The van der Waals surface area contributed by atoms with Crippen LogP contribution in [-0.2, 0) is 8.85 Å². The van der Waals surface area contributed by atoms with Gasteiger partial charge < -0.3 is 20.3 Å². The zero-order valence-corrected chi connectivity index (χ0v) is 9.71. The highest BCUT2D eigenvalue weighted by Crippen LogP contribution is 2.19. The first-order valence-electron chi connectivity index (χ1n) is 4.84. The fraction of sp³-hybridized carbons (Fsp3) is 1.00. The molecule has 0 saturated heterocycles. The van der Waals surface area contributed by atoms with E-state index in [0.717, 1.165) is 18.5 Å². The van der Waals surface area contributed by atoms with Gasteiger partial charge in [-0.3, -0.25) is 0 Å². The van der Waals surface area contributed by atoms with Gasteiger partial charge in [0.15, 0.2) is 0 Å². The minimum Gasteiger partial charge on any atom is -0.398 e. The standard InChI is InChI=1S/C8H22N2O2Si/c1-3-12-13(11-2,8-6-10)7-4-5-9/h3-10H2,1-2H3. The molecule has 1 unspecified atom stereocenters. The Morgan fingerprint density at radius 1 is 1.15 bits per heavy atom. The molecule has 0 aliphatic carbocycles. The molecule has 5 heteroatoms. The Morgan fingerprint density at radius 3 is 2.23 bits per heavy atom. The minimum atomic E-state index is -2.00.